The number of fused-ring (bicyclic) bond motifs is 1. The molecule has 12 heavy (non-hydrogen) atoms. The molecule has 0 bridgehead atoms. The van der Waals surface area contributed by atoms with Gasteiger partial charge in [0, 0.05) is 4.88 Å². The van der Waals surface area contributed by atoms with Gasteiger partial charge in [-0.1, -0.05) is 24.8 Å². The highest BCUT2D eigenvalue weighted by atomic mass is 32.1. The first-order valence-electron chi connectivity index (χ1n) is 3.91. The van der Waals surface area contributed by atoms with Crippen molar-refractivity contribution in [2.45, 2.75) is 6.92 Å². The fraction of sp³-hybridized carbons (Fsp3) is 0.0909. The predicted octanol–water partition coefficient (Wildman–Crippen LogP) is 3.85. The van der Waals surface area contributed by atoms with E-state index in [4.69, 9.17) is 0 Å². The molecule has 0 atom stereocenters. The first-order valence-corrected chi connectivity index (χ1v) is 4.79. The van der Waals surface area contributed by atoms with Crippen molar-refractivity contribution in [1.82, 2.24) is 0 Å². The van der Waals surface area contributed by atoms with Crippen LogP contribution >= 0.6 is 11.3 Å². The monoisotopic (exact) mass is 174 g/mol. The molecule has 0 spiro atoms. The Labute approximate surface area is 76.2 Å². The molecule has 2 aromatic rings. The predicted molar refractivity (Wildman–Crippen MR) is 56.7 cm³/mol. The molecule has 0 aliphatic carbocycles. The Bertz CT molecular complexity index is 423. The number of hydrogen-bond acceptors (Lipinski definition) is 1. The number of aryl methyl sites for hydroxylation is 1. The van der Waals surface area contributed by atoms with Crippen LogP contribution in [0.3, 0.4) is 0 Å². The van der Waals surface area contributed by atoms with Gasteiger partial charge in [0.05, 0.1) is 0 Å². The molecule has 1 aromatic carbocycles. The summed E-state index contributed by atoms with van der Waals surface area (Å²) in [6, 6.07) is 6.44. The molecular formula is C11H10S. The maximum Gasteiger partial charge on any atom is 0.00927 e. The smallest absolute Gasteiger partial charge is 0.00927 e. The Morgan fingerprint density at radius 2 is 2.25 bits per heavy atom. The highest BCUT2D eigenvalue weighted by Crippen LogP contribution is 2.25. The van der Waals surface area contributed by atoms with E-state index in [1.807, 2.05) is 6.08 Å². The summed E-state index contributed by atoms with van der Waals surface area (Å²) >= 11 is 1.80. The zero-order valence-electron chi connectivity index (χ0n) is 7.00. The standard InChI is InChI=1S/C11H10S/c1-3-9-4-5-11-8(2)12-7-10(11)6-9/h3-7H,1H2,2H3. The van der Waals surface area contributed by atoms with Crippen molar-refractivity contribution in [3.63, 3.8) is 0 Å². The summed E-state index contributed by atoms with van der Waals surface area (Å²) in [4.78, 5) is 1.39. The molecule has 0 aliphatic rings. The molecule has 60 valence electrons. The fourth-order valence-electron chi connectivity index (χ4n) is 1.34. The van der Waals surface area contributed by atoms with Crippen molar-refractivity contribution >= 4 is 28.2 Å². The topological polar surface area (TPSA) is 0 Å². The first kappa shape index (κ1) is 7.56. The molecule has 1 heterocycles. The molecule has 0 N–H and O–H groups in total. The van der Waals surface area contributed by atoms with Crippen LogP contribution in [0.4, 0.5) is 0 Å². The lowest BCUT2D eigenvalue weighted by molar-refractivity contribution is 1.67. The van der Waals surface area contributed by atoms with E-state index >= 15 is 0 Å². The van der Waals surface area contributed by atoms with E-state index in [-0.39, 0.29) is 0 Å². The van der Waals surface area contributed by atoms with Gasteiger partial charge in [-0.2, -0.15) is 0 Å². The maximum atomic E-state index is 3.75. The maximum absolute atomic E-state index is 3.75. The number of rotatable bonds is 1. The molecule has 0 radical (unpaired) electrons. The van der Waals surface area contributed by atoms with Crippen molar-refractivity contribution in [3.8, 4) is 0 Å². The van der Waals surface area contributed by atoms with E-state index in [0.29, 0.717) is 0 Å². The Kier molecular flexibility index (Phi) is 1.74. The zero-order valence-corrected chi connectivity index (χ0v) is 7.82. The van der Waals surface area contributed by atoms with Gasteiger partial charge in [-0.15, -0.1) is 11.3 Å². The van der Waals surface area contributed by atoms with Crippen LogP contribution in [0.25, 0.3) is 16.8 Å². The van der Waals surface area contributed by atoms with Gasteiger partial charge < -0.3 is 0 Å². The molecule has 1 aromatic heterocycles. The highest BCUT2D eigenvalue weighted by molar-refractivity contribution is 7.11. The SMILES string of the molecule is C=Cc1ccc2c(C)scc2c1. The molecule has 0 nitrogen and oxygen atoms in total. The molecule has 0 saturated carbocycles. The molecular weight excluding hydrogens is 164 g/mol. The molecule has 0 amide bonds. The zero-order chi connectivity index (χ0) is 8.55. The number of thiophene rings is 1. The summed E-state index contributed by atoms with van der Waals surface area (Å²) < 4.78 is 0. The first-order chi connectivity index (χ1) is 5.81. The van der Waals surface area contributed by atoms with Crippen LogP contribution in [0.1, 0.15) is 10.4 Å². The van der Waals surface area contributed by atoms with E-state index < -0.39 is 0 Å². The van der Waals surface area contributed by atoms with Crippen LogP contribution in [0.5, 0.6) is 0 Å². The summed E-state index contributed by atoms with van der Waals surface area (Å²) in [5.74, 6) is 0. The van der Waals surface area contributed by atoms with E-state index in [1.165, 1.54) is 21.2 Å². The lowest BCUT2D eigenvalue weighted by atomic mass is 10.1. The minimum Gasteiger partial charge on any atom is -0.148 e. The molecule has 0 aliphatic heterocycles. The largest absolute Gasteiger partial charge is 0.148 e. The molecule has 0 saturated heterocycles. The molecule has 2 rings (SSSR count). The van der Waals surface area contributed by atoms with Crippen LogP contribution < -0.4 is 0 Å². The van der Waals surface area contributed by atoms with Gasteiger partial charge in [-0.25, -0.2) is 0 Å². The van der Waals surface area contributed by atoms with Gasteiger partial charge >= 0.3 is 0 Å². The van der Waals surface area contributed by atoms with E-state index in [0.717, 1.165) is 0 Å². The Morgan fingerprint density at radius 3 is 3.00 bits per heavy atom. The van der Waals surface area contributed by atoms with Gasteiger partial charge in [0.25, 0.3) is 0 Å². The summed E-state index contributed by atoms with van der Waals surface area (Å²) in [6.07, 6.45) is 1.88. The lowest BCUT2D eigenvalue weighted by Crippen LogP contribution is -1.70. The average Bonchev–Trinajstić information content (AvgIpc) is 2.47. The van der Waals surface area contributed by atoms with Crippen molar-refractivity contribution in [2.24, 2.45) is 0 Å². The number of hydrogen-bond donors (Lipinski definition) is 0. The summed E-state index contributed by atoms with van der Waals surface area (Å²) in [5, 5.41) is 4.89. The van der Waals surface area contributed by atoms with Gasteiger partial charge in [0.15, 0.2) is 0 Å². The minimum absolute atomic E-state index is 1.19. The normalized spacial score (nSPS) is 10.4. The summed E-state index contributed by atoms with van der Waals surface area (Å²) in [7, 11) is 0. The summed E-state index contributed by atoms with van der Waals surface area (Å²) in [6.45, 7) is 5.90. The van der Waals surface area contributed by atoms with Crippen molar-refractivity contribution in [3.05, 3.63) is 40.6 Å². The van der Waals surface area contributed by atoms with Crippen LogP contribution in [-0.4, -0.2) is 0 Å². The Morgan fingerprint density at radius 1 is 1.42 bits per heavy atom. The van der Waals surface area contributed by atoms with E-state index in [9.17, 15) is 0 Å². The third-order valence-corrected chi connectivity index (χ3v) is 3.00. The van der Waals surface area contributed by atoms with E-state index in [1.54, 1.807) is 11.3 Å². The quantitative estimate of drug-likeness (QED) is 0.616. The molecule has 0 fully saturated rings. The van der Waals surface area contributed by atoms with Gasteiger partial charge in [-0.3, -0.25) is 0 Å². The molecule has 1 heteroatoms. The molecule has 0 unspecified atom stereocenters. The lowest BCUT2D eigenvalue weighted by Gasteiger charge is -1.93. The second kappa shape index (κ2) is 2.76. The van der Waals surface area contributed by atoms with Gasteiger partial charge in [-0.05, 0) is 34.7 Å². The van der Waals surface area contributed by atoms with Crippen LogP contribution in [0.2, 0.25) is 0 Å². The Hall–Kier alpha value is -1.08. The van der Waals surface area contributed by atoms with E-state index in [2.05, 4.69) is 37.1 Å². The van der Waals surface area contributed by atoms with Gasteiger partial charge in [0.2, 0.25) is 0 Å². The van der Waals surface area contributed by atoms with Crippen LogP contribution in [-0.2, 0) is 0 Å². The minimum atomic E-state index is 1.19. The summed E-state index contributed by atoms with van der Waals surface area (Å²) in [5.41, 5.74) is 1.19. The average molecular weight is 174 g/mol. The van der Waals surface area contributed by atoms with Crippen molar-refractivity contribution in [2.75, 3.05) is 0 Å². The Balaban J connectivity index is 2.77. The second-order valence-electron chi connectivity index (χ2n) is 2.84. The van der Waals surface area contributed by atoms with Gasteiger partial charge in [0.1, 0.15) is 0 Å². The number of benzene rings is 1. The van der Waals surface area contributed by atoms with Crippen molar-refractivity contribution < 1.29 is 0 Å². The van der Waals surface area contributed by atoms with Crippen LogP contribution in [0.15, 0.2) is 30.2 Å². The third kappa shape index (κ3) is 1.07. The van der Waals surface area contributed by atoms with Crippen molar-refractivity contribution in [1.29, 1.82) is 0 Å². The third-order valence-electron chi connectivity index (χ3n) is 2.05. The highest BCUT2D eigenvalue weighted by Gasteiger charge is 1.98. The fourth-order valence-corrected chi connectivity index (χ4v) is 2.15. The van der Waals surface area contributed by atoms with Crippen LogP contribution in [0, 0.1) is 6.92 Å². The second-order valence-corrected chi connectivity index (χ2v) is 3.93.